The molecule has 2 heterocycles. The molecule has 0 saturated carbocycles. The standard InChI is InChI=1S/C26H37N3O.ClH/c1-3-4-5-6-7-8-9-10-11-14-17-27-20-25-26(30-2)19-24(29-25)23-18-21-15-12-13-16-22(21)28-23;/h12-13,15-16,18-20,28-29H,3-11,14,17H2,1-2H3;1H. The third-order valence-electron chi connectivity index (χ3n) is 5.71. The molecule has 0 saturated heterocycles. The first-order valence-corrected chi connectivity index (χ1v) is 11.7. The van der Waals surface area contributed by atoms with Gasteiger partial charge in [0.15, 0.2) is 0 Å². The van der Waals surface area contributed by atoms with Crippen molar-refractivity contribution in [3.63, 3.8) is 0 Å². The van der Waals surface area contributed by atoms with E-state index in [1.807, 2.05) is 18.3 Å². The second kappa shape index (κ2) is 14.0. The van der Waals surface area contributed by atoms with Gasteiger partial charge in [0.2, 0.25) is 0 Å². The first-order chi connectivity index (χ1) is 14.8. The number of halogens is 1. The molecular formula is C26H38ClN3O. The van der Waals surface area contributed by atoms with Crippen LogP contribution in [-0.4, -0.2) is 29.8 Å². The average molecular weight is 444 g/mol. The van der Waals surface area contributed by atoms with Gasteiger partial charge in [-0.15, -0.1) is 12.4 Å². The Hall–Kier alpha value is -2.20. The van der Waals surface area contributed by atoms with Gasteiger partial charge < -0.3 is 14.7 Å². The van der Waals surface area contributed by atoms with E-state index in [4.69, 9.17) is 4.74 Å². The van der Waals surface area contributed by atoms with Crippen LogP contribution in [0.4, 0.5) is 0 Å². The predicted molar refractivity (Wildman–Crippen MR) is 136 cm³/mol. The molecule has 0 amide bonds. The fourth-order valence-electron chi connectivity index (χ4n) is 3.93. The molecule has 0 spiro atoms. The van der Waals surface area contributed by atoms with Crippen LogP contribution in [0.3, 0.4) is 0 Å². The normalized spacial score (nSPS) is 11.3. The Labute approximate surface area is 193 Å². The van der Waals surface area contributed by atoms with Crippen LogP contribution in [0.25, 0.3) is 22.3 Å². The molecule has 3 rings (SSSR count). The van der Waals surface area contributed by atoms with Gasteiger partial charge in [0.1, 0.15) is 5.75 Å². The monoisotopic (exact) mass is 443 g/mol. The number of aromatic nitrogens is 2. The summed E-state index contributed by atoms with van der Waals surface area (Å²) in [5.41, 5.74) is 4.14. The molecule has 3 aromatic rings. The summed E-state index contributed by atoms with van der Waals surface area (Å²) < 4.78 is 5.54. The molecule has 31 heavy (non-hydrogen) atoms. The van der Waals surface area contributed by atoms with Crippen molar-refractivity contribution in [2.24, 2.45) is 4.99 Å². The lowest BCUT2D eigenvalue weighted by molar-refractivity contribution is 0.415. The summed E-state index contributed by atoms with van der Waals surface area (Å²) in [7, 11) is 1.71. The smallest absolute Gasteiger partial charge is 0.146 e. The fraction of sp³-hybridized carbons (Fsp3) is 0.500. The molecular weight excluding hydrogens is 406 g/mol. The molecule has 2 N–H and O–H groups in total. The minimum atomic E-state index is 0. The third-order valence-corrected chi connectivity index (χ3v) is 5.71. The number of nitrogens with zero attached hydrogens (tertiary/aromatic N) is 1. The summed E-state index contributed by atoms with van der Waals surface area (Å²) in [6.45, 7) is 3.15. The maximum absolute atomic E-state index is 5.54. The van der Waals surface area contributed by atoms with E-state index in [1.54, 1.807) is 7.11 Å². The Morgan fingerprint density at radius 1 is 0.839 bits per heavy atom. The summed E-state index contributed by atoms with van der Waals surface area (Å²) in [5, 5.41) is 1.21. The third kappa shape index (κ3) is 7.77. The van der Waals surface area contributed by atoms with Crippen molar-refractivity contribution in [3.05, 3.63) is 42.1 Å². The summed E-state index contributed by atoms with van der Waals surface area (Å²) in [6.07, 6.45) is 15.4. The van der Waals surface area contributed by atoms with Crippen molar-refractivity contribution in [2.75, 3.05) is 13.7 Å². The zero-order valence-electron chi connectivity index (χ0n) is 19.1. The van der Waals surface area contributed by atoms with Crippen LogP contribution in [0.1, 0.15) is 76.8 Å². The van der Waals surface area contributed by atoms with Crippen LogP contribution in [0.2, 0.25) is 0 Å². The number of para-hydroxylation sites is 1. The second-order valence-electron chi connectivity index (χ2n) is 8.15. The highest BCUT2D eigenvalue weighted by Gasteiger charge is 2.10. The molecule has 0 bridgehead atoms. The van der Waals surface area contributed by atoms with Crippen LogP contribution in [-0.2, 0) is 0 Å². The molecule has 0 fully saturated rings. The second-order valence-corrected chi connectivity index (χ2v) is 8.15. The average Bonchev–Trinajstić information content (AvgIpc) is 3.38. The maximum atomic E-state index is 5.54. The van der Waals surface area contributed by atoms with E-state index in [0.29, 0.717) is 0 Å². The lowest BCUT2D eigenvalue weighted by Gasteiger charge is -2.01. The van der Waals surface area contributed by atoms with E-state index >= 15 is 0 Å². The van der Waals surface area contributed by atoms with Crippen molar-refractivity contribution in [1.29, 1.82) is 0 Å². The molecule has 1 aromatic carbocycles. The summed E-state index contributed by atoms with van der Waals surface area (Å²) >= 11 is 0. The molecule has 4 nitrogen and oxygen atoms in total. The Morgan fingerprint density at radius 3 is 2.16 bits per heavy atom. The Kier molecular flexibility index (Phi) is 11.3. The molecule has 0 unspecified atom stereocenters. The van der Waals surface area contributed by atoms with Gasteiger partial charge in [-0.1, -0.05) is 82.9 Å². The van der Waals surface area contributed by atoms with Gasteiger partial charge in [0.25, 0.3) is 0 Å². The van der Waals surface area contributed by atoms with Crippen molar-refractivity contribution in [1.82, 2.24) is 9.97 Å². The Bertz CT molecular complexity index is 879. The van der Waals surface area contributed by atoms with Crippen LogP contribution in [0.15, 0.2) is 41.4 Å². The highest BCUT2D eigenvalue weighted by molar-refractivity contribution is 5.88. The number of rotatable bonds is 14. The van der Waals surface area contributed by atoms with E-state index in [-0.39, 0.29) is 12.4 Å². The lowest BCUT2D eigenvalue weighted by Crippen LogP contribution is -1.90. The van der Waals surface area contributed by atoms with Gasteiger partial charge in [-0.05, 0) is 18.6 Å². The Balaban J connectivity index is 0.00000341. The number of methoxy groups -OCH3 is 1. The first-order valence-electron chi connectivity index (χ1n) is 11.7. The van der Waals surface area contributed by atoms with Crippen molar-refractivity contribution in [2.45, 2.75) is 71.1 Å². The molecule has 170 valence electrons. The number of hydrogen-bond donors (Lipinski definition) is 2. The number of benzene rings is 1. The Morgan fingerprint density at radius 2 is 1.48 bits per heavy atom. The topological polar surface area (TPSA) is 53.2 Å². The highest BCUT2D eigenvalue weighted by Crippen LogP contribution is 2.28. The van der Waals surface area contributed by atoms with Crippen molar-refractivity contribution in [3.8, 4) is 17.1 Å². The SMILES string of the molecule is CCCCCCCCCCCCN=Cc1[nH]c(-c2cc3ccccc3[nH]2)cc1OC.Cl. The van der Waals surface area contributed by atoms with Gasteiger partial charge in [0, 0.05) is 29.7 Å². The molecule has 5 heteroatoms. The number of nitrogens with one attached hydrogen (secondary N) is 2. The molecule has 0 radical (unpaired) electrons. The molecule has 0 atom stereocenters. The van der Waals surface area contributed by atoms with Crippen LogP contribution in [0, 0.1) is 0 Å². The number of ether oxygens (including phenoxy) is 1. The zero-order chi connectivity index (χ0) is 21.0. The number of hydrogen-bond acceptors (Lipinski definition) is 2. The van der Waals surface area contributed by atoms with Crippen LogP contribution >= 0.6 is 12.4 Å². The quantitative estimate of drug-likeness (QED) is 0.193. The molecule has 0 aliphatic heterocycles. The van der Waals surface area contributed by atoms with E-state index in [9.17, 15) is 0 Å². The van der Waals surface area contributed by atoms with Crippen molar-refractivity contribution >= 4 is 29.5 Å². The minimum absolute atomic E-state index is 0. The van der Waals surface area contributed by atoms with Crippen LogP contribution in [0.5, 0.6) is 5.75 Å². The predicted octanol–water partition coefficient (Wildman–Crippen LogP) is 7.93. The molecule has 0 aliphatic rings. The van der Waals surface area contributed by atoms with E-state index in [0.717, 1.165) is 41.3 Å². The zero-order valence-corrected chi connectivity index (χ0v) is 19.9. The van der Waals surface area contributed by atoms with Gasteiger partial charge in [-0.2, -0.15) is 0 Å². The largest absolute Gasteiger partial charge is 0.494 e. The summed E-state index contributed by atoms with van der Waals surface area (Å²) in [4.78, 5) is 11.5. The number of aromatic amines is 2. The minimum Gasteiger partial charge on any atom is -0.494 e. The van der Waals surface area contributed by atoms with Gasteiger partial charge >= 0.3 is 0 Å². The van der Waals surface area contributed by atoms with Gasteiger partial charge in [-0.3, -0.25) is 4.99 Å². The first kappa shape index (κ1) is 25.1. The fourth-order valence-corrected chi connectivity index (χ4v) is 3.93. The van der Waals surface area contributed by atoms with Crippen molar-refractivity contribution < 1.29 is 4.74 Å². The highest BCUT2D eigenvalue weighted by atomic mass is 35.5. The lowest BCUT2D eigenvalue weighted by atomic mass is 10.1. The number of H-pyrrole nitrogens is 2. The van der Waals surface area contributed by atoms with Gasteiger partial charge in [-0.25, -0.2) is 0 Å². The van der Waals surface area contributed by atoms with E-state index in [2.05, 4.69) is 46.1 Å². The summed E-state index contributed by atoms with van der Waals surface area (Å²) in [5.74, 6) is 0.829. The van der Waals surface area contributed by atoms with E-state index in [1.165, 1.54) is 63.2 Å². The number of aliphatic imine (C=N–C) groups is 1. The van der Waals surface area contributed by atoms with E-state index < -0.39 is 0 Å². The molecule has 2 aromatic heterocycles. The number of unbranched alkanes of at least 4 members (excludes halogenated alkanes) is 9. The maximum Gasteiger partial charge on any atom is 0.146 e. The van der Waals surface area contributed by atoms with Gasteiger partial charge in [0.05, 0.1) is 24.2 Å². The summed E-state index contributed by atoms with van der Waals surface area (Å²) in [6, 6.07) is 12.5. The molecule has 0 aliphatic carbocycles. The van der Waals surface area contributed by atoms with Crippen LogP contribution < -0.4 is 4.74 Å². The number of fused-ring (bicyclic) bond motifs is 1.